The Morgan fingerprint density at radius 1 is 1.11 bits per heavy atom. The number of amides is 1. The number of pyridine rings is 1. The Morgan fingerprint density at radius 3 is 2.80 bits per heavy atom. The summed E-state index contributed by atoms with van der Waals surface area (Å²) in [5.74, 6) is -0.101. The maximum absolute atomic E-state index is 14.0. The van der Waals surface area contributed by atoms with Gasteiger partial charge in [-0.15, -0.1) is 0 Å². The van der Waals surface area contributed by atoms with Crippen LogP contribution in [0.5, 0.6) is 0 Å². The van der Waals surface area contributed by atoms with Crippen molar-refractivity contribution in [3.8, 4) is 0 Å². The molecule has 0 bridgehead atoms. The average molecular weight is 661 g/mol. The monoisotopic (exact) mass is 659 g/mol. The van der Waals surface area contributed by atoms with Crippen LogP contribution in [0.3, 0.4) is 0 Å². The molecule has 44 heavy (non-hydrogen) atoms. The van der Waals surface area contributed by atoms with Crippen LogP contribution in [0, 0.1) is 6.92 Å². The van der Waals surface area contributed by atoms with Crippen LogP contribution in [0.25, 0.3) is 0 Å². The number of carbonyl (C=O) groups is 1. The van der Waals surface area contributed by atoms with Crippen molar-refractivity contribution in [2.45, 2.75) is 75.1 Å². The van der Waals surface area contributed by atoms with Gasteiger partial charge in [0.1, 0.15) is 11.5 Å². The van der Waals surface area contributed by atoms with Crippen LogP contribution in [0.15, 0.2) is 53.8 Å². The summed E-state index contributed by atoms with van der Waals surface area (Å²) in [6.45, 7) is 4.31. The highest BCUT2D eigenvalue weighted by molar-refractivity contribution is 7.89. The SMILES string of the molecule is Cc1ccc(Cl)c(S(=O)(=O)N2CCn3cccc3C2COCC(=O)N(C)[C@H]2CCC[C@@H](N3CCc4cnccc4C3)C2)c1Cl. The van der Waals surface area contributed by atoms with E-state index in [0.717, 1.165) is 50.9 Å². The largest absolute Gasteiger partial charge is 0.370 e. The van der Waals surface area contributed by atoms with Crippen LogP contribution in [0.4, 0.5) is 0 Å². The molecule has 4 heterocycles. The molecule has 1 fully saturated rings. The van der Waals surface area contributed by atoms with Gasteiger partial charge in [-0.25, -0.2) is 8.42 Å². The second kappa shape index (κ2) is 13.1. The molecule has 236 valence electrons. The summed E-state index contributed by atoms with van der Waals surface area (Å²) in [5, 5.41) is 0.195. The zero-order valence-electron chi connectivity index (χ0n) is 25.2. The van der Waals surface area contributed by atoms with Gasteiger partial charge in [0, 0.05) is 69.6 Å². The van der Waals surface area contributed by atoms with Crippen molar-refractivity contribution < 1.29 is 17.9 Å². The van der Waals surface area contributed by atoms with Gasteiger partial charge in [-0.1, -0.05) is 29.3 Å². The number of nitrogens with zero attached hydrogens (tertiary/aromatic N) is 5. The van der Waals surface area contributed by atoms with Crippen molar-refractivity contribution >= 4 is 39.1 Å². The van der Waals surface area contributed by atoms with E-state index in [2.05, 4.69) is 16.0 Å². The van der Waals surface area contributed by atoms with E-state index >= 15 is 0 Å². The van der Waals surface area contributed by atoms with Gasteiger partial charge < -0.3 is 14.2 Å². The summed E-state index contributed by atoms with van der Waals surface area (Å²) in [7, 11) is -2.20. The Morgan fingerprint density at radius 2 is 1.95 bits per heavy atom. The highest BCUT2D eigenvalue weighted by atomic mass is 35.5. The molecule has 2 aromatic heterocycles. The number of rotatable bonds is 8. The Hall–Kier alpha value is -2.47. The molecule has 1 amide bonds. The third-order valence-corrected chi connectivity index (χ3v) is 12.6. The molecule has 9 nitrogen and oxygen atoms in total. The summed E-state index contributed by atoms with van der Waals surface area (Å²) < 4.78 is 37.4. The summed E-state index contributed by atoms with van der Waals surface area (Å²) >= 11 is 12.9. The molecule has 3 aromatic rings. The minimum Gasteiger partial charge on any atom is -0.370 e. The fourth-order valence-corrected chi connectivity index (χ4v) is 9.70. The van der Waals surface area contributed by atoms with E-state index < -0.39 is 16.1 Å². The Bertz CT molecular complexity index is 1630. The predicted molar refractivity (Wildman–Crippen MR) is 170 cm³/mol. The molecule has 1 unspecified atom stereocenters. The minimum absolute atomic E-state index is 0.0270. The summed E-state index contributed by atoms with van der Waals surface area (Å²) in [5.41, 5.74) is 4.11. The number of carbonyl (C=O) groups excluding carboxylic acids is 1. The average Bonchev–Trinajstić information content (AvgIpc) is 3.52. The van der Waals surface area contributed by atoms with Crippen molar-refractivity contribution in [3.05, 3.63) is 81.4 Å². The van der Waals surface area contributed by atoms with Crippen LogP contribution in [-0.4, -0.2) is 83.4 Å². The molecule has 1 saturated carbocycles. The van der Waals surface area contributed by atoms with Crippen LogP contribution in [-0.2, 0) is 39.1 Å². The lowest BCUT2D eigenvalue weighted by atomic mass is 9.87. The number of sulfonamides is 1. The number of benzene rings is 1. The quantitative estimate of drug-likeness (QED) is 0.335. The van der Waals surface area contributed by atoms with Gasteiger partial charge in [0.2, 0.25) is 15.9 Å². The molecule has 1 aliphatic carbocycles. The number of likely N-dealkylation sites (N-methyl/N-ethyl adjacent to an activating group) is 1. The number of fused-ring (bicyclic) bond motifs is 2. The Kier molecular flexibility index (Phi) is 9.38. The van der Waals surface area contributed by atoms with Gasteiger partial charge in [0.15, 0.2) is 0 Å². The van der Waals surface area contributed by atoms with Gasteiger partial charge in [0.25, 0.3) is 0 Å². The van der Waals surface area contributed by atoms with E-state index in [0.29, 0.717) is 18.2 Å². The number of hydrogen-bond acceptors (Lipinski definition) is 6. The normalized spacial score (nSPS) is 22.8. The van der Waals surface area contributed by atoms with Crippen LogP contribution in [0.2, 0.25) is 10.0 Å². The third-order valence-electron chi connectivity index (χ3n) is 9.55. The van der Waals surface area contributed by atoms with Crippen molar-refractivity contribution in [2.24, 2.45) is 0 Å². The first-order chi connectivity index (χ1) is 21.1. The number of aryl methyl sites for hydroxylation is 1. The van der Waals surface area contributed by atoms with Gasteiger partial charge in [-0.2, -0.15) is 4.31 Å². The summed E-state index contributed by atoms with van der Waals surface area (Å²) in [6, 6.07) is 9.09. The molecule has 6 rings (SSSR count). The van der Waals surface area contributed by atoms with E-state index in [1.165, 1.54) is 15.4 Å². The predicted octanol–water partition coefficient (Wildman–Crippen LogP) is 5.09. The van der Waals surface area contributed by atoms with E-state index in [1.54, 1.807) is 19.1 Å². The smallest absolute Gasteiger partial charge is 0.248 e. The van der Waals surface area contributed by atoms with Gasteiger partial charge in [-0.05, 0) is 80.0 Å². The second-order valence-corrected chi connectivity index (χ2v) is 14.7. The molecule has 3 atom stereocenters. The zero-order chi connectivity index (χ0) is 31.0. The number of ether oxygens (including phenoxy) is 1. The topological polar surface area (TPSA) is 88.0 Å². The second-order valence-electron chi connectivity index (χ2n) is 12.1. The van der Waals surface area contributed by atoms with E-state index in [1.807, 2.05) is 47.2 Å². The maximum atomic E-state index is 14.0. The van der Waals surface area contributed by atoms with Crippen molar-refractivity contribution in [1.82, 2.24) is 23.7 Å². The van der Waals surface area contributed by atoms with Gasteiger partial charge >= 0.3 is 0 Å². The lowest BCUT2D eigenvalue weighted by Gasteiger charge is -2.42. The molecule has 2 aliphatic heterocycles. The maximum Gasteiger partial charge on any atom is 0.248 e. The third kappa shape index (κ3) is 6.17. The van der Waals surface area contributed by atoms with Crippen LogP contribution >= 0.6 is 23.2 Å². The van der Waals surface area contributed by atoms with Gasteiger partial charge in [0.05, 0.1) is 22.7 Å². The molecular formula is C32H39Cl2N5O4S. The number of hydrogen-bond donors (Lipinski definition) is 0. The fourth-order valence-electron chi connectivity index (χ4n) is 6.98. The first-order valence-corrected chi connectivity index (χ1v) is 17.5. The Labute approximate surface area is 269 Å². The van der Waals surface area contributed by atoms with Crippen LogP contribution in [0.1, 0.15) is 54.1 Å². The van der Waals surface area contributed by atoms with E-state index in [-0.39, 0.29) is 46.6 Å². The lowest BCUT2D eigenvalue weighted by Crippen LogP contribution is -2.48. The number of halogens is 2. The minimum atomic E-state index is -4.06. The highest BCUT2D eigenvalue weighted by Crippen LogP contribution is 2.39. The standard InChI is InChI=1S/C32H39Cl2N5O4S/c1-22-8-9-27(33)32(31(22)34)44(41,42)39-16-15-37-13-4-7-28(37)29(39)20-43-21-30(40)36(2)25-5-3-6-26(17-25)38-14-11-23-18-35-12-10-24(23)19-38/h4,7-10,12-13,18,25-26,29H,3,5-6,11,14-17,19-21H2,1-2H3/t25-,26+,29?/m0/s1. The molecule has 3 aliphatic rings. The molecule has 0 spiro atoms. The highest BCUT2D eigenvalue weighted by Gasteiger charge is 2.39. The van der Waals surface area contributed by atoms with Gasteiger partial charge in [-0.3, -0.25) is 14.7 Å². The molecule has 12 heteroatoms. The van der Waals surface area contributed by atoms with E-state index in [4.69, 9.17) is 27.9 Å². The molecule has 0 saturated heterocycles. The first kappa shape index (κ1) is 31.5. The molecule has 0 radical (unpaired) electrons. The molecule has 1 aromatic carbocycles. The van der Waals surface area contributed by atoms with Crippen molar-refractivity contribution in [1.29, 1.82) is 0 Å². The fraction of sp³-hybridized carbons (Fsp3) is 0.500. The molecular weight excluding hydrogens is 621 g/mol. The van der Waals surface area contributed by atoms with Crippen molar-refractivity contribution in [3.63, 3.8) is 0 Å². The van der Waals surface area contributed by atoms with E-state index in [9.17, 15) is 13.2 Å². The molecule has 0 N–H and O–H groups in total. The lowest BCUT2D eigenvalue weighted by molar-refractivity contribution is -0.138. The first-order valence-electron chi connectivity index (χ1n) is 15.3. The number of aromatic nitrogens is 2. The van der Waals surface area contributed by atoms with Crippen LogP contribution < -0.4 is 0 Å². The zero-order valence-corrected chi connectivity index (χ0v) is 27.5. The van der Waals surface area contributed by atoms with Crippen molar-refractivity contribution in [2.75, 3.05) is 33.4 Å². The summed E-state index contributed by atoms with van der Waals surface area (Å²) in [4.78, 5) is 21.9. The Balaban J connectivity index is 1.10. The summed E-state index contributed by atoms with van der Waals surface area (Å²) in [6.07, 6.45) is 10.9.